The predicted molar refractivity (Wildman–Crippen MR) is 59.3 cm³/mol. The molecule has 1 heterocycles. The number of pyridine rings is 1. The third kappa shape index (κ3) is 3.14. The van der Waals surface area contributed by atoms with Crippen LogP contribution in [-0.4, -0.2) is 17.6 Å². The van der Waals surface area contributed by atoms with Gasteiger partial charge in [0, 0.05) is 6.20 Å². The van der Waals surface area contributed by atoms with E-state index in [1.54, 1.807) is 13.0 Å². The van der Waals surface area contributed by atoms with Gasteiger partial charge in [-0.25, -0.2) is 8.78 Å². The average molecular weight is 275 g/mol. The monoisotopic (exact) mass is 274 g/mol. The molecular formula is C11H9ClF2N2O2. The van der Waals surface area contributed by atoms with Crippen molar-refractivity contribution in [3.05, 3.63) is 28.0 Å². The zero-order chi connectivity index (χ0) is 13.7. The van der Waals surface area contributed by atoms with Gasteiger partial charge in [0.25, 0.3) is 6.43 Å². The molecule has 1 aromatic heterocycles. The van der Waals surface area contributed by atoms with E-state index >= 15 is 0 Å². The van der Waals surface area contributed by atoms with Crippen LogP contribution in [0.2, 0.25) is 5.02 Å². The Bertz CT molecular complexity index is 501. The standard InChI is InChI=1S/C11H9ClF2N2O2/c1-2-18-9(17)3-8-6(4-15)10(12)7(5-16-8)11(13)14/h5,11H,2-3H2,1H3. The maximum atomic E-state index is 12.5. The third-order valence-electron chi connectivity index (χ3n) is 2.08. The van der Waals surface area contributed by atoms with Crippen molar-refractivity contribution in [1.82, 2.24) is 4.98 Å². The highest BCUT2D eigenvalue weighted by atomic mass is 35.5. The van der Waals surface area contributed by atoms with Gasteiger partial charge in [-0.2, -0.15) is 5.26 Å². The number of aromatic nitrogens is 1. The highest BCUT2D eigenvalue weighted by molar-refractivity contribution is 6.32. The number of rotatable bonds is 4. The van der Waals surface area contributed by atoms with Gasteiger partial charge in [0.2, 0.25) is 0 Å². The number of carbonyl (C=O) groups is 1. The summed E-state index contributed by atoms with van der Waals surface area (Å²) in [5.41, 5.74) is -0.714. The Labute approximate surface area is 107 Å². The minimum absolute atomic E-state index is 0.0327. The Morgan fingerprint density at radius 3 is 2.83 bits per heavy atom. The van der Waals surface area contributed by atoms with Gasteiger partial charge in [-0.1, -0.05) is 11.6 Å². The van der Waals surface area contributed by atoms with Crippen LogP contribution in [0, 0.1) is 11.3 Å². The first kappa shape index (κ1) is 14.3. The predicted octanol–water partition coefficient (Wildman–Crippen LogP) is 2.65. The van der Waals surface area contributed by atoms with Crippen LogP contribution in [0.25, 0.3) is 0 Å². The van der Waals surface area contributed by atoms with Crippen LogP contribution in [0.4, 0.5) is 8.78 Å². The first-order chi connectivity index (χ1) is 8.51. The molecular weight excluding hydrogens is 266 g/mol. The summed E-state index contributed by atoms with van der Waals surface area (Å²) in [5.74, 6) is -0.595. The molecule has 18 heavy (non-hydrogen) atoms. The quantitative estimate of drug-likeness (QED) is 0.792. The van der Waals surface area contributed by atoms with E-state index in [2.05, 4.69) is 9.72 Å². The van der Waals surface area contributed by atoms with Crippen molar-refractivity contribution in [2.45, 2.75) is 19.8 Å². The molecule has 0 spiro atoms. The third-order valence-corrected chi connectivity index (χ3v) is 2.49. The number of esters is 1. The first-order valence-corrected chi connectivity index (χ1v) is 5.40. The van der Waals surface area contributed by atoms with Gasteiger partial charge < -0.3 is 4.74 Å². The first-order valence-electron chi connectivity index (χ1n) is 5.02. The minimum atomic E-state index is -2.83. The van der Waals surface area contributed by atoms with Crippen LogP contribution >= 0.6 is 11.6 Å². The molecule has 7 heteroatoms. The summed E-state index contributed by atoms with van der Waals surface area (Å²) in [6, 6.07) is 1.67. The molecule has 0 saturated carbocycles. The molecule has 1 rings (SSSR count). The fraction of sp³-hybridized carbons (Fsp3) is 0.364. The molecule has 0 fully saturated rings. The van der Waals surface area contributed by atoms with Gasteiger partial charge >= 0.3 is 5.97 Å². The number of carbonyl (C=O) groups excluding carboxylic acids is 1. The van der Waals surface area contributed by atoms with Crippen molar-refractivity contribution >= 4 is 17.6 Å². The van der Waals surface area contributed by atoms with Crippen molar-refractivity contribution in [2.75, 3.05) is 6.61 Å². The maximum Gasteiger partial charge on any atom is 0.311 e. The zero-order valence-corrected chi connectivity index (χ0v) is 10.2. The lowest BCUT2D eigenvalue weighted by Gasteiger charge is -2.08. The van der Waals surface area contributed by atoms with Gasteiger partial charge in [0.1, 0.15) is 6.07 Å². The molecule has 0 aliphatic heterocycles. The Morgan fingerprint density at radius 1 is 1.67 bits per heavy atom. The van der Waals surface area contributed by atoms with E-state index < -0.39 is 18.0 Å². The largest absolute Gasteiger partial charge is 0.466 e. The Hall–Kier alpha value is -1.74. The summed E-state index contributed by atoms with van der Waals surface area (Å²) in [4.78, 5) is 14.9. The Morgan fingerprint density at radius 2 is 2.33 bits per heavy atom. The molecule has 0 bridgehead atoms. The lowest BCUT2D eigenvalue weighted by atomic mass is 10.1. The van der Waals surface area contributed by atoms with Gasteiger partial charge in [-0.15, -0.1) is 0 Å². The van der Waals surface area contributed by atoms with Crippen LogP contribution in [0.3, 0.4) is 0 Å². The minimum Gasteiger partial charge on any atom is -0.466 e. The second-order valence-electron chi connectivity index (χ2n) is 3.24. The number of alkyl halides is 2. The lowest BCUT2D eigenvalue weighted by Crippen LogP contribution is -2.11. The molecule has 0 N–H and O–H groups in total. The summed E-state index contributed by atoms with van der Waals surface area (Å²) in [6.07, 6.45) is -2.24. The molecule has 0 aliphatic rings. The second kappa shape index (κ2) is 6.26. The van der Waals surface area contributed by atoms with E-state index in [1.807, 2.05) is 0 Å². The molecule has 1 aromatic rings. The summed E-state index contributed by atoms with van der Waals surface area (Å²) < 4.78 is 29.8. The number of nitriles is 1. The van der Waals surface area contributed by atoms with Crippen LogP contribution in [-0.2, 0) is 16.0 Å². The average Bonchev–Trinajstić information content (AvgIpc) is 2.29. The molecule has 0 amide bonds. The van der Waals surface area contributed by atoms with Gasteiger partial charge in [-0.05, 0) is 6.92 Å². The number of hydrogen-bond donors (Lipinski definition) is 0. The normalized spacial score (nSPS) is 10.2. The fourth-order valence-corrected chi connectivity index (χ4v) is 1.57. The van der Waals surface area contributed by atoms with Crippen LogP contribution in [0.5, 0.6) is 0 Å². The number of halogens is 3. The fourth-order valence-electron chi connectivity index (χ4n) is 1.29. The molecule has 4 nitrogen and oxygen atoms in total. The Kier molecular flexibility index (Phi) is 4.98. The zero-order valence-electron chi connectivity index (χ0n) is 9.41. The molecule has 0 atom stereocenters. The van der Waals surface area contributed by atoms with Crippen LogP contribution in [0.1, 0.15) is 30.2 Å². The Balaban J connectivity index is 3.12. The maximum absolute atomic E-state index is 12.5. The molecule has 0 saturated heterocycles. The summed E-state index contributed by atoms with van der Waals surface area (Å²) in [5, 5.41) is 8.50. The van der Waals surface area contributed by atoms with Crippen molar-refractivity contribution in [2.24, 2.45) is 0 Å². The highest BCUT2D eigenvalue weighted by Gasteiger charge is 2.20. The second-order valence-corrected chi connectivity index (χ2v) is 3.62. The molecule has 0 unspecified atom stereocenters. The molecule has 0 radical (unpaired) electrons. The SMILES string of the molecule is CCOC(=O)Cc1ncc(C(F)F)c(Cl)c1C#N. The molecule has 96 valence electrons. The van der Waals surface area contributed by atoms with Gasteiger partial charge in [0.15, 0.2) is 0 Å². The van der Waals surface area contributed by atoms with Crippen molar-refractivity contribution in [1.29, 1.82) is 5.26 Å². The highest BCUT2D eigenvalue weighted by Crippen LogP contribution is 2.30. The molecule has 0 aromatic carbocycles. The van der Waals surface area contributed by atoms with Crippen molar-refractivity contribution < 1.29 is 18.3 Å². The van der Waals surface area contributed by atoms with E-state index in [9.17, 15) is 13.6 Å². The lowest BCUT2D eigenvalue weighted by molar-refractivity contribution is -0.142. The summed E-state index contributed by atoms with van der Waals surface area (Å²) >= 11 is 5.67. The van der Waals surface area contributed by atoms with E-state index in [0.717, 1.165) is 6.20 Å². The van der Waals surface area contributed by atoms with E-state index in [0.29, 0.717) is 0 Å². The number of ether oxygens (including phenoxy) is 1. The topological polar surface area (TPSA) is 63.0 Å². The number of hydrogen-bond acceptors (Lipinski definition) is 4. The number of nitrogens with zero attached hydrogens (tertiary/aromatic N) is 2. The van der Waals surface area contributed by atoms with Gasteiger partial charge in [-0.3, -0.25) is 9.78 Å². The van der Waals surface area contributed by atoms with Gasteiger partial charge in [0.05, 0.1) is 34.9 Å². The van der Waals surface area contributed by atoms with E-state index in [4.69, 9.17) is 16.9 Å². The van der Waals surface area contributed by atoms with Crippen molar-refractivity contribution in [3.63, 3.8) is 0 Å². The van der Waals surface area contributed by atoms with Crippen LogP contribution < -0.4 is 0 Å². The smallest absolute Gasteiger partial charge is 0.311 e. The van der Waals surface area contributed by atoms with Crippen molar-refractivity contribution in [3.8, 4) is 6.07 Å². The summed E-state index contributed by atoms with van der Waals surface area (Å²) in [7, 11) is 0. The molecule has 0 aliphatic carbocycles. The van der Waals surface area contributed by atoms with E-state index in [1.165, 1.54) is 0 Å². The summed E-state index contributed by atoms with van der Waals surface area (Å²) in [6.45, 7) is 1.81. The van der Waals surface area contributed by atoms with E-state index in [-0.39, 0.29) is 29.3 Å². The van der Waals surface area contributed by atoms with Crippen LogP contribution in [0.15, 0.2) is 6.20 Å².